The van der Waals surface area contributed by atoms with Gasteiger partial charge in [-0.2, -0.15) is 0 Å². The summed E-state index contributed by atoms with van der Waals surface area (Å²) < 4.78 is 0. The standard InChI is InChI=1S/C14H19ClN2O2/c1-10-4-3-5-11(2)16(10)9-12-8-13(17(18)19)6-7-14(12)15/h6-8,10-11H,3-5,9H2,1-2H3/t10-,11+. The minimum atomic E-state index is -0.372. The van der Waals surface area contributed by atoms with Crippen LogP contribution in [-0.4, -0.2) is 21.9 Å². The van der Waals surface area contributed by atoms with Crippen LogP contribution in [-0.2, 0) is 6.54 Å². The number of nitro benzene ring substituents is 1. The molecule has 2 rings (SSSR count). The van der Waals surface area contributed by atoms with Gasteiger partial charge >= 0.3 is 0 Å². The average molecular weight is 283 g/mol. The van der Waals surface area contributed by atoms with Crippen LogP contribution in [0.25, 0.3) is 0 Å². The molecule has 2 atom stereocenters. The summed E-state index contributed by atoms with van der Waals surface area (Å²) in [7, 11) is 0. The molecule has 1 aromatic carbocycles. The number of benzene rings is 1. The van der Waals surface area contributed by atoms with Crippen LogP contribution in [0.3, 0.4) is 0 Å². The summed E-state index contributed by atoms with van der Waals surface area (Å²) in [5, 5.41) is 11.4. The monoisotopic (exact) mass is 282 g/mol. The zero-order chi connectivity index (χ0) is 14.0. The van der Waals surface area contributed by atoms with Gasteiger partial charge in [0.05, 0.1) is 4.92 Å². The number of rotatable bonds is 3. The van der Waals surface area contributed by atoms with E-state index < -0.39 is 0 Å². The van der Waals surface area contributed by atoms with E-state index in [0.717, 1.165) is 5.56 Å². The molecule has 1 saturated heterocycles. The van der Waals surface area contributed by atoms with Crippen LogP contribution in [0.15, 0.2) is 18.2 Å². The summed E-state index contributed by atoms with van der Waals surface area (Å²) >= 11 is 6.17. The van der Waals surface area contributed by atoms with E-state index in [1.807, 2.05) is 0 Å². The Bertz CT molecular complexity index is 469. The first kappa shape index (κ1) is 14.3. The van der Waals surface area contributed by atoms with E-state index in [9.17, 15) is 10.1 Å². The fourth-order valence-electron chi connectivity index (χ4n) is 2.78. The molecule has 0 aromatic heterocycles. The van der Waals surface area contributed by atoms with E-state index in [0.29, 0.717) is 23.7 Å². The van der Waals surface area contributed by atoms with Crippen LogP contribution in [0.4, 0.5) is 5.69 Å². The average Bonchev–Trinajstić information content (AvgIpc) is 2.35. The lowest BCUT2D eigenvalue weighted by molar-refractivity contribution is -0.384. The van der Waals surface area contributed by atoms with E-state index in [-0.39, 0.29) is 10.6 Å². The summed E-state index contributed by atoms with van der Waals surface area (Å²) in [4.78, 5) is 12.8. The maximum atomic E-state index is 10.8. The van der Waals surface area contributed by atoms with Gasteiger partial charge in [0.1, 0.15) is 0 Å². The molecule has 1 fully saturated rings. The van der Waals surface area contributed by atoms with Gasteiger partial charge in [0.15, 0.2) is 0 Å². The van der Waals surface area contributed by atoms with E-state index in [4.69, 9.17) is 11.6 Å². The molecule has 0 aliphatic carbocycles. The molecule has 0 amide bonds. The van der Waals surface area contributed by atoms with E-state index in [1.165, 1.54) is 25.3 Å². The molecule has 0 bridgehead atoms. The summed E-state index contributed by atoms with van der Waals surface area (Å²) in [6.07, 6.45) is 3.61. The van der Waals surface area contributed by atoms with Gasteiger partial charge in [-0.1, -0.05) is 18.0 Å². The van der Waals surface area contributed by atoms with E-state index in [1.54, 1.807) is 12.1 Å². The number of nitro groups is 1. The second kappa shape index (κ2) is 5.88. The molecule has 0 radical (unpaired) electrons. The lowest BCUT2D eigenvalue weighted by Crippen LogP contribution is -2.43. The first-order chi connectivity index (χ1) is 8.99. The number of nitrogens with zero attached hydrogens (tertiary/aromatic N) is 2. The topological polar surface area (TPSA) is 46.4 Å². The van der Waals surface area contributed by atoms with Gasteiger partial charge in [-0.05, 0) is 38.3 Å². The molecule has 1 aromatic rings. The molecule has 0 spiro atoms. The van der Waals surface area contributed by atoms with Gasteiger partial charge in [0, 0.05) is 35.8 Å². The molecule has 19 heavy (non-hydrogen) atoms. The van der Waals surface area contributed by atoms with Crippen LogP contribution >= 0.6 is 11.6 Å². The van der Waals surface area contributed by atoms with Gasteiger partial charge in [0.25, 0.3) is 5.69 Å². The molecular weight excluding hydrogens is 264 g/mol. The highest BCUT2D eigenvalue weighted by molar-refractivity contribution is 6.31. The van der Waals surface area contributed by atoms with Crippen molar-refractivity contribution in [3.8, 4) is 0 Å². The molecule has 1 aliphatic rings. The highest BCUT2D eigenvalue weighted by Crippen LogP contribution is 2.28. The van der Waals surface area contributed by atoms with Gasteiger partial charge in [0.2, 0.25) is 0 Å². The quantitative estimate of drug-likeness (QED) is 0.621. The minimum Gasteiger partial charge on any atom is -0.294 e. The molecule has 0 saturated carbocycles. The Hall–Kier alpha value is -1.13. The summed E-state index contributed by atoms with van der Waals surface area (Å²) in [6.45, 7) is 5.10. The van der Waals surface area contributed by atoms with Crippen LogP contribution in [0, 0.1) is 10.1 Å². The van der Waals surface area contributed by atoms with Crippen molar-refractivity contribution in [1.29, 1.82) is 0 Å². The van der Waals surface area contributed by atoms with Crippen molar-refractivity contribution in [3.05, 3.63) is 38.9 Å². The number of piperidine rings is 1. The molecule has 104 valence electrons. The van der Waals surface area contributed by atoms with Crippen molar-refractivity contribution in [2.24, 2.45) is 0 Å². The normalized spacial score (nSPS) is 24.4. The summed E-state index contributed by atoms with van der Waals surface area (Å²) in [5.41, 5.74) is 0.952. The number of likely N-dealkylation sites (tertiary alicyclic amines) is 1. The Kier molecular flexibility index (Phi) is 4.42. The van der Waals surface area contributed by atoms with Crippen molar-refractivity contribution in [2.75, 3.05) is 0 Å². The molecule has 0 unspecified atom stereocenters. The SMILES string of the molecule is C[C@@H]1CCC[C@H](C)N1Cc1cc([N+](=O)[O-])ccc1Cl. The van der Waals surface area contributed by atoms with E-state index >= 15 is 0 Å². The van der Waals surface area contributed by atoms with Gasteiger partial charge < -0.3 is 0 Å². The number of non-ortho nitro benzene ring substituents is 1. The zero-order valence-corrected chi connectivity index (χ0v) is 12.1. The Morgan fingerprint density at radius 2 is 2.00 bits per heavy atom. The highest BCUT2D eigenvalue weighted by atomic mass is 35.5. The Morgan fingerprint density at radius 1 is 1.37 bits per heavy atom. The third-order valence-electron chi connectivity index (χ3n) is 3.97. The number of hydrogen-bond acceptors (Lipinski definition) is 3. The summed E-state index contributed by atoms with van der Waals surface area (Å²) in [5.74, 6) is 0. The first-order valence-corrected chi connectivity index (χ1v) is 7.05. The van der Waals surface area contributed by atoms with E-state index in [2.05, 4.69) is 18.7 Å². The lowest BCUT2D eigenvalue weighted by Gasteiger charge is -2.39. The maximum absolute atomic E-state index is 10.8. The van der Waals surface area contributed by atoms with Crippen LogP contribution < -0.4 is 0 Å². The van der Waals surface area contributed by atoms with Crippen LogP contribution in [0.2, 0.25) is 5.02 Å². The zero-order valence-electron chi connectivity index (χ0n) is 11.3. The smallest absolute Gasteiger partial charge is 0.269 e. The molecule has 5 heteroatoms. The maximum Gasteiger partial charge on any atom is 0.269 e. The first-order valence-electron chi connectivity index (χ1n) is 6.67. The largest absolute Gasteiger partial charge is 0.294 e. The van der Waals surface area contributed by atoms with Gasteiger partial charge in [-0.3, -0.25) is 15.0 Å². The third-order valence-corrected chi connectivity index (χ3v) is 4.34. The lowest BCUT2D eigenvalue weighted by atomic mass is 9.96. The molecule has 4 nitrogen and oxygen atoms in total. The van der Waals surface area contributed by atoms with Gasteiger partial charge in [-0.15, -0.1) is 0 Å². The summed E-state index contributed by atoms with van der Waals surface area (Å²) in [6, 6.07) is 5.66. The Morgan fingerprint density at radius 3 is 2.58 bits per heavy atom. The predicted octanol–water partition coefficient (Wildman–Crippen LogP) is 4.01. The fraction of sp³-hybridized carbons (Fsp3) is 0.571. The second-order valence-corrected chi connectivity index (χ2v) is 5.74. The number of hydrogen-bond donors (Lipinski definition) is 0. The molecule has 1 heterocycles. The van der Waals surface area contributed by atoms with Crippen molar-refractivity contribution in [2.45, 2.75) is 51.7 Å². The van der Waals surface area contributed by atoms with Crippen molar-refractivity contribution in [3.63, 3.8) is 0 Å². The van der Waals surface area contributed by atoms with Crippen LogP contribution in [0.1, 0.15) is 38.7 Å². The van der Waals surface area contributed by atoms with Crippen molar-refractivity contribution in [1.82, 2.24) is 4.90 Å². The third kappa shape index (κ3) is 3.25. The minimum absolute atomic E-state index is 0.108. The van der Waals surface area contributed by atoms with Crippen LogP contribution in [0.5, 0.6) is 0 Å². The second-order valence-electron chi connectivity index (χ2n) is 5.33. The molecule has 0 N–H and O–H groups in total. The fourth-order valence-corrected chi connectivity index (χ4v) is 2.96. The Labute approximate surface area is 118 Å². The van der Waals surface area contributed by atoms with Crippen molar-refractivity contribution >= 4 is 17.3 Å². The highest BCUT2D eigenvalue weighted by Gasteiger charge is 2.25. The van der Waals surface area contributed by atoms with Gasteiger partial charge in [-0.25, -0.2) is 0 Å². The molecule has 1 aliphatic heterocycles. The van der Waals surface area contributed by atoms with Crippen molar-refractivity contribution < 1.29 is 4.92 Å². The number of halogens is 1. The molecular formula is C14H19ClN2O2. The Balaban J connectivity index is 2.21. The predicted molar refractivity (Wildman–Crippen MR) is 76.4 cm³/mol.